The molecule has 6 nitrogen and oxygen atoms in total. The molecule has 0 unspecified atom stereocenters. The second-order valence-electron chi connectivity index (χ2n) is 8.58. The van der Waals surface area contributed by atoms with Crippen LogP contribution in [0, 0.1) is 0 Å². The van der Waals surface area contributed by atoms with Gasteiger partial charge in [0.15, 0.2) is 0 Å². The molecule has 1 saturated carbocycles. The molecule has 2 aromatic carbocycles. The Kier molecular flexibility index (Phi) is 4.91. The number of ether oxygens (including phenoxy) is 1. The quantitative estimate of drug-likeness (QED) is 0.468. The van der Waals surface area contributed by atoms with Crippen molar-refractivity contribution in [2.45, 2.75) is 31.2 Å². The molecule has 0 atom stereocenters. The molecule has 2 aromatic heterocycles. The fourth-order valence-electron chi connectivity index (χ4n) is 4.69. The molecule has 3 heterocycles. The van der Waals surface area contributed by atoms with Crippen LogP contribution in [0.3, 0.4) is 0 Å². The summed E-state index contributed by atoms with van der Waals surface area (Å²) in [6, 6.07) is 19.6. The van der Waals surface area contributed by atoms with Crippen molar-refractivity contribution in [1.82, 2.24) is 20.1 Å². The third kappa shape index (κ3) is 3.67. The van der Waals surface area contributed by atoms with Crippen LogP contribution in [0.15, 0.2) is 79.3 Å². The van der Waals surface area contributed by atoms with Gasteiger partial charge in [-0.15, -0.1) is 0 Å². The van der Waals surface area contributed by atoms with E-state index < -0.39 is 0 Å². The number of amides is 1. The summed E-state index contributed by atoms with van der Waals surface area (Å²) in [5.41, 5.74) is 5.35. The molecule has 6 heteroatoms. The van der Waals surface area contributed by atoms with Crippen LogP contribution < -0.4 is 10.1 Å². The van der Waals surface area contributed by atoms with Crippen LogP contribution in [-0.2, 0) is 11.3 Å². The number of hydrogen-bond acceptors (Lipinski definition) is 4. The van der Waals surface area contributed by atoms with Crippen molar-refractivity contribution in [3.63, 3.8) is 0 Å². The summed E-state index contributed by atoms with van der Waals surface area (Å²) in [4.78, 5) is 17.5. The number of aromatic nitrogens is 3. The topological polar surface area (TPSA) is 69.0 Å². The van der Waals surface area contributed by atoms with Gasteiger partial charge < -0.3 is 10.1 Å². The zero-order valence-electron chi connectivity index (χ0n) is 18.1. The predicted molar refractivity (Wildman–Crippen MR) is 125 cm³/mol. The molecule has 0 radical (unpaired) electrons. The van der Waals surface area contributed by atoms with E-state index in [0.29, 0.717) is 19.0 Å². The van der Waals surface area contributed by atoms with Crippen LogP contribution in [-0.4, -0.2) is 27.2 Å². The van der Waals surface area contributed by atoms with E-state index in [9.17, 15) is 4.79 Å². The van der Waals surface area contributed by atoms with Gasteiger partial charge in [0.25, 0.3) is 0 Å². The Balaban J connectivity index is 1.21. The first-order valence-corrected chi connectivity index (χ1v) is 11.4. The van der Waals surface area contributed by atoms with Crippen molar-refractivity contribution in [3.8, 4) is 22.6 Å². The molecule has 1 aliphatic heterocycles. The van der Waals surface area contributed by atoms with Gasteiger partial charge in [0.05, 0.1) is 18.7 Å². The molecule has 6 rings (SSSR count). The number of hydrogen-bond donors (Lipinski definition) is 1. The van der Waals surface area contributed by atoms with Crippen molar-refractivity contribution in [2.75, 3.05) is 6.54 Å². The maximum atomic E-state index is 13.4. The molecule has 0 bridgehead atoms. The minimum absolute atomic E-state index is 0.0207. The van der Waals surface area contributed by atoms with E-state index in [1.165, 1.54) is 24.1 Å². The minimum Gasteiger partial charge on any atom is -0.457 e. The fourth-order valence-corrected chi connectivity index (χ4v) is 4.69. The number of fused-ring (bicyclic) bond motifs is 2. The van der Waals surface area contributed by atoms with Crippen molar-refractivity contribution < 1.29 is 9.53 Å². The highest BCUT2D eigenvalue weighted by Crippen LogP contribution is 2.45. The lowest BCUT2D eigenvalue weighted by Crippen LogP contribution is -2.34. The molecule has 0 saturated heterocycles. The van der Waals surface area contributed by atoms with Crippen molar-refractivity contribution in [2.24, 2.45) is 0 Å². The number of nitrogens with zero attached hydrogens (tertiary/aromatic N) is 3. The van der Waals surface area contributed by atoms with E-state index in [0.717, 1.165) is 28.2 Å². The minimum atomic E-state index is -0.390. The van der Waals surface area contributed by atoms with Crippen molar-refractivity contribution in [1.29, 1.82) is 0 Å². The van der Waals surface area contributed by atoms with Gasteiger partial charge in [0.1, 0.15) is 11.5 Å². The molecule has 0 spiro atoms. The highest BCUT2D eigenvalue weighted by Gasteiger charge is 2.33. The largest absolute Gasteiger partial charge is 0.457 e. The van der Waals surface area contributed by atoms with Crippen LogP contribution in [0.25, 0.3) is 11.1 Å². The Hall–Kier alpha value is -3.93. The zero-order valence-corrected chi connectivity index (χ0v) is 18.1. The fraction of sp³-hybridized carbons (Fsp3) is 0.222. The molecule has 2 aliphatic rings. The van der Waals surface area contributed by atoms with E-state index in [4.69, 9.17) is 4.74 Å². The average molecular weight is 437 g/mol. The van der Waals surface area contributed by atoms with Gasteiger partial charge in [0.2, 0.25) is 5.91 Å². The van der Waals surface area contributed by atoms with E-state index in [-0.39, 0.29) is 11.8 Å². The molecule has 1 fully saturated rings. The molecular formula is C27H24N4O2. The Morgan fingerprint density at radius 3 is 2.30 bits per heavy atom. The van der Waals surface area contributed by atoms with Crippen LogP contribution in [0.4, 0.5) is 0 Å². The van der Waals surface area contributed by atoms with E-state index in [2.05, 4.69) is 20.1 Å². The first-order chi connectivity index (χ1) is 16.3. The standard InChI is InChI=1S/C27H24N4O2/c32-27(25-20-5-1-3-7-23(20)33-24-8-4-2-6-21(24)25)29-15-16-31-26(19-9-10-19)22(17-30-31)18-11-13-28-14-12-18/h1-8,11-14,17,19,25H,9-10,15-16H2,(H,29,32). The van der Waals surface area contributed by atoms with Crippen LogP contribution in [0.5, 0.6) is 11.5 Å². The van der Waals surface area contributed by atoms with Gasteiger partial charge in [-0.2, -0.15) is 5.10 Å². The SMILES string of the molecule is O=C(NCCn1ncc(-c2ccncc2)c1C1CC1)C1c2ccccc2Oc2ccccc21. The highest BCUT2D eigenvalue weighted by atomic mass is 16.5. The summed E-state index contributed by atoms with van der Waals surface area (Å²) in [7, 11) is 0. The van der Waals surface area contributed by atoms with E-state index in [1.54, 1.807) is 0 Å². The van der Waals surface area contributed by atoms with Crippen LogP contribution >= 0.6 is 0 Å². The lowest BCUT2D eigenvalue weighted by Gasteiger charge is -2.27. The van der Waals surface area contributed by atoms with Crippen molar-refractivity contribution >= 4 is 5.91 Å². The number of carbonyl (C=O) groups excluding carboxylic acids is 1. The summed E-state index contributed by atoms with van der Waals surface area (Å²) in [6.07, 6.45) is 7.94. The second kappa shape index (κ2) is 8.20. The summed E-state index contributed by atoms with van der Waals surface area (Å²) in [5, 5.41) is 7.81. The summed E-state index contributed by atoms with van der Waals surface area (Å²) in [5.74, 6) is 1.61. The first-order valence-electron chi connectivity index (χ1n) is 11.4. The number of benzene rings is 2. The Morgan fingerprint density at radius 2 is 1.64 bits per heavy atom. The van der Waals surface area contributed by atoms with Gasteiger partial charge in [0, 0.05) is 47.2 Å². The molecule has 1 amide bonds. The maximum absolute atomic E-state index is 13.4. The predicted octanol–water partition coefficient (Wildman–Crippen LogP) is 4.88. The van der Waals surface area contributed by atoms with Gasteiger partial charge in [-0.1, -0.05) is 36.4 Å². The Bertz CT molecular complexity index is 1270. The lowest BCUT2D eigenvalue weighted by atomic mass is 9.87. The summed E-state index contributed by atoms with van der Waals surface area (Å²) in [6.45, 7) is 1.15. The monoisotopic (exact) mass is 436 g/mol. The average Bonchev–Trinajstić information content (AvgIpc) is 3.62. The molecule has 1 N–H and O–H groups in total. The Labute approximate surface area is 192 Å². The maximum Gasteiger partial charge on any atom is 0.232 e. The zero-order chi connectivity index (χ0) is 22.2. The van der Waals surface area contributed by atoms with Crippen molar-refractivity contribution in [3.05, 3.63) is 96.1 Å². The molecule has 1 aliphatic carbocycles. The highest BCUT2D eigenvalue weighted by molar-refractivity contribution is 5.89. The number of nitrogens with one attached hydrogen (secondary N) is 1. The van der Waals surface area contributed by atoms with Gasteiger partial charge in [-0.05, 0) is 42.7 Å². The number of para-hydroxylation sites is 2. The van der Waals surface area contributed by atoms with Gasteiger partial charge >= 0.3 is 0 Å². The second-order valence-corrected chi connectivity index (χ2v) is 8.58. The number of rotatable bonds is 6. The normalized spacial score (nSPS) is 14.8. The van der Waals surface area contributed by atoms with E-state index in [1.807, 2.05) is 79.3 Å². The van der Waals surface area contributed by atoms with Crippen LogP contribution in [0.2, 0.25) is 0 Å². The number of pyridine rings is 1. The lowest BCUT2D eigenvalue weighted by molar-refractivity contribution is -0.121. The molecule has 4 aromatic rings. The third-order valence-corrected chi connectivity index (χ3v) is 6.40. The molecular weight excluding hydrogens is 412 g/mol. The summed E-state index contributed by atoms with van der Waals surface area (Å²) >= 11 is 0. The first kappa shape index (κ1) is 19.7. The van der Waals surface area contributed by atoms with Gasteiger partial charge in [-0.3, -0.25) is 14.5 Å². The molecule has 33 heavy (non-hydrogen) atoms. The van der Waals surface area contributed by atoms with Crippen LogP contribution in [0.1, 0.15) is 41.5 Å². The third-order valence-electron chi connectivity index (χ3n) is 6.40. The molecule has 164 valence electrons. The smallest absolute Gasteiger partial charge is 0.232 e. The summed E-state index contributed by atoms with van der Waals surface area (Å²) < 4.78 is 8.08. The Morgan fingerprint density at radius 1 is 0.970 bits per heavy atom. The van der Waals surface area contributed by atoms with Gasteiger partial charge in [-0.25, -0.2) is 0 Å². The van der Waals surface area contributed by atoms with E-state index >= 15 is 0 Å². The number of carbonyl (C=O) groups is 1.